The van der Waals surface area contributed by atoms with E-state index in [0.717, 1.165) is 56.8 Å². The first-order chi connectivity index (χ1) is 14.6. The average Bonchev–Trinajstić information content (AvgIpc) is 3.34. The van der Waals surface area contributed by atoms with E-state index in [1.807, 2.05) is 0 Å². The Balaban J connectivity index is 1.33. The molecule has 0 bridgehead atoms. The highest BCUT2D eigenvalue weighted by Crippen LogP contribution is 2.38. The minimum Gasteiger partial charge on any atom is -0.488 e. The number of hydrogen-bond acceptors (Lipinski definition) is 6. The third kappa shape index (κ3) is 4.71. The van der Waals surface area contributed by atoms with Gasteiger partial charge in [-0.1, -0.05) is 6.92 Å². The van der Waals surface area contributed by atoms with Crippen molar-refractivity contribution in [1.29, 1.82) is 0 Å². The van der Waals surface area contributed by atoms with E-state index >= 15 is 0 Å². The molecule has 1 saturated heterocycles. The van der Waals surface area contributed by atoms with Crippen molar-refractivity contribution in [3.8, 4) is 5.75 Å². The van der Waals surface area contributed by atoms with E-state index in [1.165, 1.54) is 7.11 Å². The molecule has 1 saturated carbocycles. The topological polar surface area (TPSA) is 72.1 Å². The van der Waals surface area contributed by atoms with E-state index < -0.39 is 6.10 Å². The maximum Gasteiger partial charge on any atom is 0.337 e. The summed E-state index contributed by atoms with van der Waals surface area (Å²) in [4.78, 5) is 14.0. The second kappa shape index (κ2) is 9.23. The smallest absolute Gasteiger partial charge is 0.337 e. The van der Waals surface area contributed by atoms with Gasteiger partial charge in [0.25, 0.3) is 0 Å². The Morgan fingerprint density at radius 2 is 1.80 bits per heavy atom. The molecule has 4 rings (SSSR count). The monoisotopic (exact) mass is 413 g/mol. The first-order valence-electron chi connectivity index (χ1n) is 10.9. The summed E-state index contributed by atoms with van der Waals surface area (Å²) in [5, 5.41) is 10.7. The van der Waals surface area contributed by atoms with E-state index in [9.17, 15) is 9.90 Å². The number of hydrogen-bond donors (Lipinski definition) is 1. The second-order valence-electron chi connectivity index (χ2n) is 8.54. The Labute approximate surface area is 177 Å². The summed E-state index contributed by atoms with van der Waals surface area (Å²) < 4.78 is 16.8. The number of fused-ring (bicyclic) bond motifs is 1. The van der Waals surface area contributed by atoms with E-state index in [2.05, 4.69) is 24.0 Å². The molecule has 4 atom stereocenters. The van der Waals surface area contributed by atoms with Crippen LogP contribution in [-0.4, -0.2) is 48.4 Å². The summed E-state index contributed by atoms with van der Waals surface area (Å²) in [7, 11) is 1.36. The number of carbonyl (C=O) groups is 1. The van der Waals surface area contributed by atoms with Crippen LogP contribution in [0.25, 0.3) is 0 Å². The van der Waals surface area contributed by atoms with Crippen molar-refractivity contribution in [2.75, 3.05) is 20.2 Å². The van der Waals surface area contributed by atoms with Crippen LogP contribution in [-0.2, 0) is 17.7 Å². The van der Waals surface area contributed by atoms with Crippen molar-refractivity contribution in [3.05, 3.63) is 53.5 Å². The van der Waals surface area contributed by atoms with Crippen molar-refractivity contribution in [2.24, 2.45) is 11.8 Å². The Morgan fingerprint density at radius 3 is 2.50 bits per heavy atom. The molecule has 0 amide bonds. The minimum absolute atomic E-state index is 0.227. The largest absolute Gasteiger partial charge is 0.488 e. The zero-order chi connectivity index (χ0) is 21.1. The number of rotatable bonds is 7. The van der Waals surface area contributed by atoms with Crippen LogP contribution < -0.4 is 4.74 Å². The Hall–Kier alpha value is -2.31. The van der Waals surface area contributed by atoms with Gasteiger partial charge in [0.1, 0.15) is 23.4 Å². The Bertz CT molecular complexity index is 846. The molecule has 6 heteroatoms. The standard InChI is InChI=1S/C24H31NO5/c1-3-4-19-9-10-21(29-19)15-25-13-17-11-22(26)23(12-18(17)14-25)30-20-7-5-16(6-8-20)24(27)28-2/h5-10,17-18,22-23,26H,3-4,11-15H2,1-2H3/t17-,18+,22+,23+/m0/s1. The van der Waals surface area contributed by atoms with E-state index in [4.69, 9.17) is 13.9 Å². The third-order valence-corrected chi connectivity index (χ3v) is 6.32. The molecule has 2 aromatic rings. The number of ether oxygens (including phenoxy) is 2. The molecule has 1 aliphatic heterocycles. The molecule has 1 N–H and O–H groups in total. The van der Waals surface area contributed by atoms with Crippen molar-refractivity contribution in [3.63, 3.8) is 0 Å². The predicted molar refractivity (Wildman–Crippen MR) is 112 cm³/mol. The average molecular weight is 414 g/mol. The fourth-order valence-electron chi connectivity index (χ4n) is 4.81. The number of aryl methyl sites for hydroxylation is 1. The molecule has 1 aliphatic carbocycles. The molecule has 2 heterocycles. The first-order valence-corrected chi connectivity index (χ1v) is 10.9. The van der Waals surface area contributed by atoms with Gasteiger partial charge in [-0.15, -0.1) is 0 Å². The molecule has 0 spiro atoms. The lowest BCUT2D eigenvalue weighted by Gasteiger charge is -2.35. The minimum atomic E-state index is -0.480. The van der Waals surface area contributed by atoms with Crippen LogP contribution in [0.1, 0.15) is 48.1 Å². The van der Waals surface area contributed by atoms with Crippen molar-refractivity contribution < 1.29 is 23.8 Å². The summed E-state index contributed by atoms with van der Waals surface area (Å²) in [6, 6.07) is 11.1. The van der Waals surface area contributed by atoms with Gasteiger partial charge < -0.3 is 19.0 Å². The highest BCUT2D eigenvalue weighted by Gasteiger charge is 2.42. The van der Waals surface area contributed by atoms with Gasteiger partial charge in [0.2, 0.25) is 0 Å². The molecule has 2 fully saturated rings. The van der Waals surface area contributed by atoms with Crippen LogP contribution in [0.3, 0.4) is 0 Å². The fraction of sp³-hybridized carbons (Fsp3) is 0.542. The normalized spacial score (nSPS) is 26.4. The highest BCUT2D eigenvalue weighted by atomic mass is 16.5. The maximum absolute atomic E-state index is 11.6. The van der Waals surface area contributed by atoms with Crippen molar-refractivity contribution >= 4 is 5.97 Å². The first kappa shape index (κ1) is 20.9. The van der Waals surface area contributed by atoms with Gasteiger partial charge in [-0.25, -0.2) is 4.79 Å². The third-order valence-electron chi connectivity index (χ3n) is 6.32. The molecule has 0 radical (unpaired) electrons. The molecule has 30 heavy (non-hydrogen) atoms. The zero-order valence-corrected chi connectivity index (χ0v) is 17.8. The van der Waals surface area contributed by atoms with Crippen molar-refractivity contribution in [1.82, 2.24) is 4.90 Å². The number of carbonyl (C=O) groups excluding carboxylic acids is 1. The number of esters is 1. The number of aliphatic hydroxyl groups excluding tert-OH is 1. The van der Waals surface area contributed by atoms with Crippen molar-refractivity contribution in [2.45, 2.75) is 51.4 Å². The maximum atomic E-state index is 11.6. The van der Waals surface area contributed by atoms with Gasteiger partial charge in [0.15, 0.2) is 0 Å². The number of furan rings is 1. The number of likely N-dealkylation sites (tertiary alicyclic amines) is 1. The predicted octanol–water partition coefficient (Wildman–Crippen LogP) is 3.67. The van der Waals surface area contributed by atoms with Crippen LogP contribution >= 0.6 is 0 Å². The summed E-state index contributed by atoms with van der Waals surface area (Å²) in [5.41, 5.74) is 0.487. The van der Waals surface area contributed by atoms with E-state index in [0.29, 0.717) is 23.1 Å². The molecule has 1 aromatic carbocycles. The van der Waals surface area contributed by atoms with Gasteiger partial charge in [-0.3, -0.25) is 4.90 Å². The summed E-state index contributed by atoms with van der Waals surface area (Å²) in [5.74, 6) is 3.39. The SMILES string of the molecule is CCCc1ccc(CN2C[C@H]3C[C@@H](Oc4ccc(C(=O)OC)cc4)[C@H](O)C[C@H]3C2)o1. The Morgan fingerprint density at radius 1 is 1.10 bits per heavy atom. The van der Waals surface area contributed by atoms with Crippen LogP contribution in [0.15, 0.2) is 40.8 Å². The summed E-state index contributed by atoms with van der Waals surface area (Å²) in [6.07, 6.45) is 2.95. The molecule has 0 unspecified atom stereocenters. The van der Waals surface area contributed by atoms with Gasteiger partial charge in [0.05, 0.1) is 25.3 Å². The fourth-order valence-corrected chi connectivity index (χ4v) is 4.81. The molecule has 6 nitrogen and oxygen atoms in total. The molecular formula is C24H31NO5. The molecular weight excluding hydrogens is 382 g/mol. The van der Waals surface area contributed by atoms with Crippen LogP contribution in [0, 0.1) is 11.8 Å². The van der Waals surface area contributed by atoms with Gasteiger partial charge in [-0.2, -0.15) is 0 Å². The van der Waals surface area contributed by atoms with Gasteiger partial charge in [-0.05, 0) is 67.5 Å². The molecule has 162 valence electrons. The highest BCUT2D eigenvalue weighted by molar-refractivity contribution is 5.89. The van der Waals surface area contributed by atoms with Crippen LogP contribution in [0.4, 0.5) is 0 Å². The van der Waals surface area contributed by atoms with Crippen LogP contribution in [0.5, 0.6) is 5.75 Å². The summed E-state index contributed by atoms with van der Waals surface area (Å²) >= 11 is 0. The number of nitrogens with zero attached hydrogens (tertiary/aromatic N) is 1. The quantitative estimate of drug-likeness (QED) is 0.699. The van der Waals surface area contributed by atoms with E-state index in [-0.39, 0.29) is 12.1 Å². The lowest BCUT2D eigenvalue weighted by Crippen LogP contribution is -2.42. The number of aliphatic hydroxyl groups is 1. The summed E-state index contributed by atoms with van der Waals surface area (Å²) in [6.45, 7) is 4.98. The lowest BCUT2D eigenvalue weighted by molar-refractivity contribution is -0.0231. The van der Waals surface area contributed by atoms with Gasteiger partial charge >= 0.3 is 5.97 Å². The lowest BCUT2D eigenvalue weighted by atomic mass is 9.78. The molecule has 2 aliphatic rings. The number of benzene rings is 1. The van der Waals surface area contributed by atoms with E-state index in [1.54, 1.807) is 24.3 Å². The second-order valence-corrected chi connectivity index (χ2v) is 8.54. The molecule has 1 aromatic heterocycles. The number of methoxy groups -OCH3 is 1. The zero-order valence-electron chi connectivity index (χ0n) is 17.8. The Kier molecular flexibility index (Phi) is 6.44. The van der Waals surface area contributed by atoms with Gasteiger partial charge in [0, 0.05) is 19.5 Å². The van der Waals surface area contributed by atoms with Crippen LogP contribution in [0.2, 0.25) is 0 Å².